The second-order valence-electron chi connectivity index (χ2n) is 8.24. The van der Waals surface area contributed by atoms with Gasteiger partial charge >= 0.3 is 0 Å². The van der Waals surface area contributed by atoms with E-state index in [1.807, 2.05) is 41.0 Å². The first-order valence-corrected chi connectivity index (χ1v) is 13.1. The van der Waals surface area contributed by atoms with Crippen molar-refractivity contribution < 1.29 is 17.5 Å². The molecule has 0 aliphatic carbocycles. The molecule has 8 heteroatoms. The van der Waals surface area contributed by atoms with Crippen LogP contribution in [-0.4, -0.2) is 37.4 Å². The molecule has 1 fully saturated rings. The summed E-state index contributed by atoms with van der Waals surface area (Å²) in [6.07, 6.45) is 4.43. The van der Waals surface area contributed by atoms with Crippen molar-refractivity contribution in [2.75, 3.05) is 19.5 Å². The summed E-state index contributed by atoms with van der Waals surface area (Å²) in [5.41, 5.74) is 2.57. The van der Waals surface area contributed by atoms with E-state index < -0.39 is 15.7 Å². The molecule has 2 aromatic heterocycles. The molecule has 32 heavy (non-hydrogen) atoms. The van der Waals surface area contributed by atoms with Gasteiger partial charge in [0, 0.05) is 30.1 Å². The van der Waals surface area contributed by atoms with Crippen molar-refractivity contribution in [2.45, 2.75) is 23.8 Å². The van der Waals surface area contributed by atoms with Crippen molar-refractivity contribution in [3.63, 3.8) is 0 Å². The minimum absolute atomic E-state index is 0.107. The van der Waals surface area contributed by atoms with Crippen molar-refractivity contribution in [1.29, 1.82) is 0 Å². The van der Waals surface area contributed by atoms with Crippen LogP contribution in [0.4, 0.5) is 4.39 Å². The average Bonchev–Trinajstić information content (AvgIpc) is 3.10. The number of nitrogens with zero attached hydrogens (tertiary/aromatic N) is 2. The number of sulfone groups is 1. The summed E-state index contributed by atoms with van der Waals surface area (Å²) in [5, 5.41) is 0.239. The SMILES string of the molecule is CS(=O)(=O)c1ccc(F)c2c3ncc(Br)cc3n([C@H](c3ccccc3)C3CCOCC3)c12. The van der Waals surface area contributed by atoms with Crippen LogP contribution < -0.4 is 0 Å². The van der Waals surface area contributed by atoms with E-state index in [1.165, 1.54) is 12.1 Å². The number of aromatic nitrogens is 2. The zero-order valence-electron chi connectivity index (χ0n) is 17.5. The number of pyridine rings is 1. The monoisotopic (exact) mass is 516 g/mol. The number of rotatable bonds is 4. The summed E-state index contributed by atoms with van der Waals surface area (Å²) in [6.45, 7) is 1.28. The van der Waals surface area contributed by atoms with Crippen LogP contribution in [0.25, 0.3) is 21.9 Å². The van der Waals surface area contributed by atoms with Crippen LogP contribution in [-0.2, 0) is 14.6 Å². The first kappa shape index (κ1) is 21.6. The van der Waals surface area contributed by atoms with Gasteiger partial charge in [-0.2, -0.15) is 0 Å². The van der Waals surface area contributed by atoms with Crippen molar-refractivity contribution in [1.82, 2.24) is 9.55 Å². The first-order valence-electron chi connectivity index (χ1n) is 10.5. The van der Waals surface area contributed by atoms with Gasteiger partial charge in [-0.15, -0.1) is 0 Å². The van der Waals surface area contributed by atoms with Gasteiger partial charge < -0.3 is 9.30 Å². The van der Waals surface area contributed by atoms with Crippen LogP contribution in [0.1, 0.15) is 24.4 Å². The number of halogens is 2. The molecular formula is C24H22BrFN2O3S. The summed E-state index contributed by atoms with van der Waals surface area (Å²) in [4.78, 5) is 4.61. The van der Waals surface area contributed by atoms with E-state index in [0.717, 1.165) is 29.1 Å². The average molecular weight is 517 g/mol. The Hall–Kier alpha value is -2.29. The maximum atomic E-state index is 15.2. The lowest BCUT2D eigenvalue weighted by atomic mass is 9.86. The standard InChI is InChI=1S/C24H22BrFN2O3S/c1-32(29,30)20-8-7-18(26)21-22-19(13-17(25)14-27-22)28(24(20)21)23(15-5-3-2-4-6-15)16-9-11-31-12-10-16/h2-8,13-14,16,23H,9-12H2,1H3/t23-/m1/s1. The highest BCUT2D eigenvalue weighted by molar-refractivity contribution is 9.10. The van der Waals surface area contributed by atoms with Gasteiger partial charge in [-0.25, -0.2) is 12.8 Å². The summed E-state index contributed by atoms with van der Waals surface area (Å²) in [7, 11) is -3.62. The number of fused-ring (bicyclic) bond motifs is 3. The second kappa shape index (κ2) is 8.24. The maximum absolute atomic E-state index is 15.2. The quantitative estimate of drug-likeness (QED) is 0.335. The lowest BCUT2D eigenvalue weighted by molar-refractivity contribution is 0.0552. The van der Waals surface area contributed by atoms with E-state index in [0.29, 0.717) is 29.8 Å². The van der Waals surface area contributed by atoms with E-state index in [4.69, 9.17) is 4.74 Å². The molecule has 4 aromatic rings. The molecule has 0 bridgehead atoms. The molecule has 1 aliphatic heterocycles. The third-order valence-electron chi connectivity index (χ3n) is 6.19. The predicted molar refractivity (Wildman–Crippen MR) is 126 cm³/mol. The molecule has 1 saturated heterocycles. The molecule has 0 amide bonds. The Labute approximate surface area is 194 Å². The van der Waals surface area contributed by atoms with Gasteiger partial charge in [0.2, 0.25) is 0 Å². The van der Waals surface area contributed by atoms with Crippen molar-refractivity contribution in [2.24, 2.45) is 5.92 Å². The molecule has 0 N–H and O–H groups in total. The van der Waals surface area contributed by atoms with E-state index in [2.05, 4.69) is 20.9 Å². The van der Waals surface area contributed by atoms with Gasteiger partial charge in [0.05, 0.1) is 32.9 Å². The number of ether oxygens (including phenoxy) is 1. The minimum atomic E-state index is -3.62. The first-order chi connectivity index (χ1) is 15.4. The van der Waals surface area contributed by atoms with Crippen molar-refractivity contribution in [3.8, 4) is 0 Å². The van der Waals surface area contributed by atoms with Gasteiger partial charge in [-0.05, 0) is 58.5 Å². The normalized spacial score (nSPS) is 16.6. The Bertz CT molecular complexity index is 1410. The van der Waals surface area contributed by atoms with Crippen molar-refractivity contribution >= 4 is 47.7 Å². The molecule has 2 aromatic carbocycles. The smallest absolute Gasteiger partial charge is 0.177 e. The fraction of sp³-hybridized carbons (Fsp3) is 0.292. The Morgan fingerprint density at radius 3 is 2.56 bits per heavy atom. The highest BCUT2D eigenvalue weighted by Gasteiger charge is 2.32. The van der Waals surface area contributed by atoms with Gasteiger partial charge in [-0.3, -0.25) is 4.98 Å². The van der Waals surface area contributed by atoms with E-state index in [9.17, 15) is 8.42 Å². The highest BCUT2D eigenvalue weighted by atomic mass is 79.9. The molecule has 5 rings (SSSR count). The minimum Gasteiger partial charge on any atom is -0.381 e. The lowest BCUT2D eigenvalue weighted by Crippen LogP contribution is -2.27. The van der Waals surface area contributed by atoms with Gasteiger partial charge in [0.25, 0.3) is 0 Å². The fourth-order valence-electron chi connectivity index (χ4n) is 4.84. The summed E-state index contributed by atoms with van der Waals surface area (Å²) >= 11 is 3.49. The molecule has 0 radical (unpaired) electrons. The molecular weight excluding hydrogens is 495 g/mol. The molecule has 5 nitrogen and oxygen atoms in total. The van der Waals surface area contributed by atoms with Crippen LogP contribution in [0.5, 0.6) is 0 Å². The van der Waals surface area contributed by atoms with Crippen molar-refractivity contribution in [3.05, 3.63) is 70.6 Å². The Balaban J connectivity index is 1.96. The molecule has 0 saturated carbocycles. The van der Waals surface area contributed by atoms with E-state index in [-0.39, 0.29) is 22.2 Å². The molecule has 0 spiro atoms. The number of hydrogen-bond donors (Lipinski definition) is 0. The van der Waals surface area contributed by atoms with Gasteiger partial charge in [0.1, 0.15) is 5.82 Å². The molecule has 1 atom stereocenters. The Kier molecular flexibility index (Phi) is 5.55. The number of benzene rings is 2. The topological polar surface area (TPSA) is 61.2 Å². The zero-order valence-corrected chi connectivity index (χ0v) is 19.9. The molecule has 1 aliphatic rings. The van der Waals surface area contributed by atoms with Crippen LogP contribution >= 0.6 is 15.9 Å². The summed E-state index contributed by atoms with van der Waals surface area (Å²) in [5.74, 6) is -0.288. The van der Waals surface area contributed by atoms with Crippen LogP contribution in [0.3, 0.4) is 0 Å². The summed E-state index contributed by atoms with van der Waals surface area (Å²) < 4.78 is 49.2. The maximum Gasteiger partial charge on any atom is 0.177 e. The van der Waals surface area contributed by atoms with Crippen LogP contribution in [0, 0.1) is 11.7 Å². The summed E-state index contributed by atoms with van der Waals surface area (Å²) in [6, 6.07) is 14.3. The molecule has 0 unspecified atom stereocenters. The zero-order chi connectivity index (χ0) is 22.5. The van der Waals surface area contributed by atoms with Crippen LogP contribution in [0.2, 0.25) is 0 Å². The van der Waals surface area contributed by atoms with Gasteiger partial charge in [-0.1, -0.05) is 30.3 Å². The molecule has 3 heterocycles. The predicted octanol–water partition coefficient (Wildman–Crippen LogP) is 5.51. The fourth-order valence-corrected chi connectivity index (χ4v) is 6.03. The van der Waals surface area contributed by atoms with E-state index in [1.54, 1.807) is 6.20 Å². The lowest BCUT2D eigenvalue weighted by Gasteiger charge is -2.33. The van der Waals surface area contributed by atoms with Crippen LogP contribution in [0.15, 0.2) is 64.1 Å². The van der Waals surface area contributed by atoms with Gasteiger partial charge in [0.15, 0.2) is 9.84 Å². The largest absolute Gasteiger partial charge is 0.381 e. The third-order valence-corrected chi connectivity index (χ3v) is 7.75. The Morgan fingerprint density at radius 1 is 1.16 bits per heavy atom. The second-order valence-corrected chi connectivity index (χ2v) is 11.1. The number of hydrogen-bond acceptors (Lipinski definition) is 4. The Morgan fingerprint density at radius 2 is 1.88 bits per heavy atom. The molecule has 166 valence electrons. The highest BCUT2D eigenvalue weighted by Crippen LogP contribution is 2.43. The third kappa shape index (κ3) is 3.64. The van der Waals surface area contributed by atoms with E-state index >= 15 is 4.39 Å².